The summed E-state index contributed by atoms with van der Waals surface area (Å²) in [7, 11) is 0. The SMILES string of the molecule is O=S(Oc1ccc2ccccc2c1-c1ccc2c3ccccc3c3ccccc3c2c1)C(F)(F)C(F)(F)C(F)(F)C(F)(F)F. The molecule has 12 heteroatoms. The van der Waals surface area contributed by atoms with Crippen molar-refractivity contribution in [1.29, 1.82) is 0 Å². The molecule has 6 aromatic rings. The average Bonchev–Trinajstić information content (AvgIpc) is 3.00. The van der Waals surface area contributed by atoms with Crippen molar-refractivity contribution < 1.29 is 47.9 Å². The first-order chi connectivity index (χ1) is 20.7. The minimum Gasteiger partial charge on any atom is -0.395 e. The van der Waals surface area contributed by atoms with Crippen molar-refractivity contribution in [3.63, 3.8) is 0 Å². The molecule has 0 saturated heterocycles. The highest BCUT2D eigenvalue weighted by molar-refractivity contribution is 7.81. The molecule has 0 fully saturated rings. The molecule has 1 atom stereocenters. The number of halogens is 9. The summed E-state index contributed by atoms with van der Waals surface area (Å²) in [6.07, 6.45) is -7.06. The van der Waals surface area contributed by atoms with Crippen LogP contribution in [0.4, 0.5) is 39.5 Å². The predicted molar refractivity (Wildman–Crippen MR) is 152 cm³/mol. The van der Waals surface area contributed by atoms with Crippen molar-refractivity contribution in [2.24, 2.45) is 0 Å². The fourth-order valence-electron chi connectivity index (χ4n) is 5.28. The lowest BCUT2D eigenvalue weighted by molar-refractivity contribution is -0.382. The second-order valence-electron chi connectivity index (χ2n) is 9.99. The Labute approximate surface area is 245 Å². The molecule has 0 aliphatic carbocycles. The zero-order chi connectivity index (χ0) is 31.7. The molecule has 0 aromatic heterocycles. The summed E-state index contributed by atoms with van der Waals surface area (Å²) in [5, 5.41) is -0.513. The van der Waals surface area contributed by atoms with Crippen molar-refractivity contribution in [3.05, 3.63) is 103 Å². The van der Waals surface area contributed by atoms with Gasteiger partial charge in [0.25, 0.3) is 11.1 Å². The molecule has 0 radical (unpaired) electrons. The van der Waals surface area contributed by atoms with E-state index in [0.717, 1.165) is 33.0 Å². The van der Waals surface area contributed by atoms with Crippen LogP contribution in [0.5, 0.6) is 5.75 Å². The van der Waals surface area contributed by atoms with Gasteiger partial charge in [0.2, 0.25) is 0 Å². The van der Waals surface area contributed by atoms with Crippen LogP contribution in [0.2, 0.25) is 0 Å². The van der Waals surface area contributed by atoms with Gasteiger partial charge >= 0.3 is 23.3 Å². The van der Waals surface area contributed by atoms with E-state index in [1.54, 1.807) is 36.4 Å². The summed E-state index contributed by atoms with van der Waals surface area (Å²) in [6, 6.07) is 28.8. The Morgan fingerprint density at radius 1 is 0.500 bits per heavy atom. The van der Waals surface area contributed by atoms with E-state index in [-0.39, 0.29) is 11.1 Å². The number of benzene rings is 6. The fraction of sp³-hybridized carbons (Fsp3) is 0.125. The molecule has 6 aromatic carbocycles. The fourth-order valence-corrected chi connectivity index (χ4v) is 6.03. The quantitative estimate of drug-likeness (QED) is 0.134. The maximum atomic E-state index is 14.5. The van der Waals surface area contributed by atoms with Crippen LogP contribution in [0.15, 0.2) is 103 Å². The van der Waals surface area contributed by atoms with Gasteiger partial charge in [-0.25, -0.2) is 4.21 Å². The summed E-state index contributed by atoms with van der Waals surface area (Å²) < 4.78 is 139. The molecular weight excluding hydrogens is 619 g/mol. The zero-order valence-corrected chi connectivity index (χ0v) is 22.8. The second-order valence-corrected chi connectivity index (χ2v) is 11.1. The average molecular weight is 637 g/mol. The van der Waals surface area contributed by atoms with Gasteiger partial charge in [-0.05, 0) is 60.8 Å². The molecule has 0 spiro atoms. The maximum Gasteiger partial charge on any atom is 0.460 e. The van der Waals surface area contributed by atoms with Crippen LogP contribution in [0.25, 0.3) is 54.2 Å². The van der Waals surface area contributed by atoms with Gasteiger partial charge in [0.15, 0.2) is 0 Å². The van der Waals surface area contributed by atoms with Crippen molar-refractivity contribution in [1.82, 2.24) is 0 Å². The molecule has 0 aliphatic heterocycles. The molecule has 0 aliphatic rings. The predicted octanol–water partition coefficient (Wildman–Crippen LogP) is 10.4. The van der Waals surface area contributed by atoms with Crippen molar-refractivity contribution >= 4 is 54.2 Å². The monoisotopic (exact) mass is 636 g/mol. The lowest BCUT2D eigenvalue weighted by Gasteiger charge is -2.32. The molecule has 0 saturated carbocycles. The standard InChI is InChI=1S/C32H17F9O2S/c33-29(34,31(37,38)39)30(35,36)32(40,41)44(42)43-27-16-14-18-7-1-2-8-20(18)28(27)19-13-15-25-23-11-4-3-9-21(23)22-10-5-6-12-24(22)26(25)17-19/h1-17H. The first-order valence-electron chi connectivity index (χ1n) is 12.8. The topological polar surface area (TPSA) is 26.3 Å². The first kappa shape index (κ1) is 29.7. The van der Waals surface area contributed by atoms with E-state index in [9.17, 15) is 43.7 Å². The first-order valence-corrected chi connectivity index (χ1v) is 13.9. The summed E-state index contributed by atoms with van der Waals surface area (Å²) >= 11 is -4.69. The van der Waals surface area contributed by atoms with E-state index in [2.05, 4.69) is 4.18 Å². The van der Waals surface area contributed by atoms with Gasteiger partial charge in [-0.3, -0.25) is 0 Å². The summed E-state index contributed by atoms with van der Waals surface area (Å²) in [5.74, 6) is -15.0. The largest absolute Gasteiger partial charge is 0.460 e. The van der Waals surface area contributed by atoms with Crippen molar-refractivity contribution in [3.8, 4) is 16.9 Å². The maximum absolute atomic E-state index is 14.5. The van der Waals surface area contributed by atoms with E-state index >= 15 is 0 Å². The Bertz CT molecular complexity index is 2070. The van der Waals surface area contributed by atoms with Crippen molar-refractivity contribution in [2.75, 3.05) is 0 Å². The Hall–Kier alpha value is -4.32. The zero-order valence-electron chi connectivity index (χ0n) is 21.9. The number of hydrogen-bond donors (Lipinski definition) is 0. The third-order valence-electron chi connectivity index (χ3n) is 7.41. The van der Waals surface area contributed by atoms with E-state index in [0.29, 0.717) is 16.2 Å². The lowest BCUT2D eigenvalue weighted by Crippen LogP contribution is -2.62. The number of fused-ring (bicyclic) bond motifs is 7. The van der Waals surface area contributed by atoms with Crippen LogP contribution >= 0.6 is 0 Å². The second kappa shape index (κ2) is 10.1. The van der Waals surface area contributed by atoms with Crippen LogP contribution in [0.1, 0.15) is 0 Å². The molecule has 0 bridgehead atoms. The van der Waals surface area contributed by atoms with Crippen LogP contribution < -0.4 is 4.18 Å². The molecule has 0 amide bonds. The Morgan fingerprint density at radius 3 is 1.52 bits per heavy atom. The summed E-state index contributed by atoms with van der Waals surface area (Å²) in [5.41, 5.74) is 0.273. The van der Waals surface area contributed by atoms with Gasteiger partial charge < -0.3 is 4.18 Å². The molecule has 0 heterocycles. The van der Waals surface area contributed by atoms with Gasteiger partial charge in [0.05, 0.1) is 0 Å². The van der Waals surface area contributed by atoms with E-state index in [1.165, 1.54) is 12.1 Å². The molecule has 0 N–H and O–H groups in total. The van der Waals surface area contributed by atoms with Gasteiger partial charge in [0, 0.05) is 5.56 Å². The molecule has 44 heavy (non-hydrogen) atoms. The lowest BCUT2D eigenvalue weighted by atomic mass is 9.90. The highest BCUT2D eigenvalue weighted by Gasteiger charge is 2.84. The normalized spacial score (nSPS) is 14.0. The summed E-state index contributed by atoms with van der Waals surface area (Å²) in [4.78, 5) is 0. The third kappa shape index (κ3) is 4.37. The van der Waals surface area contributed by atoms with Gasteiger partial charge in [0.1, 0.15) is 5.75 Å². The molecular formula is C32H17F9O2S. The van der Waals surface area contributed by atoms with Gasteiger partial charge in [-0.15, -0.1) is 0 Å². The van der Waals surface area contributed by atoms with Crippen LogP contribution in [0.3, 0.4) is 0 Å². The molecule has 1 unspecified atom stereocenters. The minimum atomic E-state index is -7.21. The Morgan fingerprint density at radius 2 is 0.977 bits per heavy atom. The molecule has 226 valence electrons. The van der Waals surface area contributed by atoms with Crippen LogP contribution in [-0.2, 0) is 11.1 Å². The number of hydrogen-bond acceptors (Lipinski definition) is 2. The minimum absolute atomic E-state index is 0.0164. The van der Waals surface area contributed by atoms with E-state index in [1.807, 2.05) is 48.5 Å². The smallest absolute Gasteiger partial charge is 0.395 e. The highest BCUT2D eigenvalue weighted by Crippen LogP contribution is 2.54. The van der Waals surface area contributed by atoms with Gasteiger partial charge in [-0.2, -0.15) is 39.5 Å². The molecule has 6 rings (SSSR count). The molecule has 2 nitrogen and oxygen atoms in total. The van der Waals surface area contributed by atoms with Crippen LogP contribution in [-0.4, -0.2) is 27.5 Å². The number of alkyl halides is 9. The van der Waals surface area contributed by atoms with E-state index in [4.69, 9.17) is 0 Å². The Kier molecular flexibility index (Phi) is 6.84. The highest BCUT2D eigenvalue weighted by atomic mass is 32.2. The van der Waals surface area contributed by atoms with Gasteiger partial charge in [-0.1, -0.05) is 91.0 Å². The Balaban J connectivity index is 1.55. The number of rotatable bonds is 6. The van der Waals surface area contributed by atoms with Crippen LogP contribution in [0, 0.1) is 0 Å². The van der Waals surface area contributed by atoms with E-state index < -0.39 is 40.1 Å². The summed E-state index contributed by atoms with van der Waals surface area (Å²) in [6.45, 7) is 0. The third-order valence-corrected chi connectivity index (χ3v) is 8.42. The van der Waals surface area contributed by atoms with Crippen molar-refractivity contribution in [2.45, 2.75) is 23.3 Å².